The molecule has 0 aliphatic rings. The fourth-order valence-electron chi connectivity index (χ4n) is 2.74. The highest BCUT2D eigenvalue weighted by Crippen LogP contribution is 2.17. The van der Waals surface area contributed by atoms with Crippen LogP contribution in [0, 0.1) is 0 Å². The van der Waals surface area contributed by atoms with Gasteiger partial charge in [0.2, 0.25) is 0 Å². The molecule has 0 unspecified atom stereocenters. The Balaban J connectivity index is 1.95. The van der Waals surface area contributed by atoms with Crippen molar-refractivity contribution in [2.24, 2.45) is 0 Å². The number of sulfone groups is 1. The Bertz CT molecular complexity index is 823. The van der Waals surface area contributed by atoms with Crippen molar-refractivity contribution in [2.75, 3.05) is 31.4 Å². The van der Waals surface area contributed by atoms with Crippen LogP contribution in [-0.4, -0.2) is 40.0 Å². The molecule has 0 aromatic heterocycles. The van der Waals surface area contributed by atoms with Crippen LogP contribution >= 0.6 is 0 Å². The Hall–Kier alpha value is -2.11. The van der Waals surface area contributed by atoms with Gasteiger partial charge >= 0.3 is 0 Å². The molecule has 0 amide bonds. The molecule has 4 nitrogen and oxygen atoms in total. The Morgan fingerprint density at radius 3 is 1.85 bits per heavy atom. The number of hydrogen-bond donors (Lipinski definition) is 1. The third kappa shape index (κ3) is 6.85. The molecule has 0 aliphatic carbocycles. The van der Waals surface area contributed by atoms with Crippen molar-refractivity contribution in [1.82, 2.24) is 0 Å². The van der Waals surface area contributed by atoms with Crippen molar-refractivity contribution in [3.05, 3.63) is 59.7 Å². The van der Waals surface area contributed by atoms with E-state index in [4.69, 9.17) is 5.11 Å². The van der Waals surface area contributed by atoms with Gasteiger partial charge in [0, 0.05) is 26.4 Å². The Morgan fingerprint density at radius 2 is 1.33 bits per heavy atom. The van der Waals surface area contributed by atoms with Crippen LogP contribution in [0.15, 0.2) is 53.4 Å². The maximum absolute atomic E-state index is 12.4. The van der Waals surface area contributed by atoms with Gasteiger partial charge in [0.15, 0.2) is 9.84 Å². The topological polar surface area (TPSA) is 57.6 Å². The highest BCUT2D eigenvalue weighted by molar-refractivity contribution is 7.91. The van der Waals surface area contributed by atoms with E-state index in [1.807, 2.05) is 38.4 Å². The van der Waals surface area contributed by atoms with E-state index < -0.39 is 9.84 Å². The third-order valence-corrected chi connectivity index (χ3v) is 6.25. The number of rotatable bonds is 10. The molecule has 0 spiro atoms. The summed E-state index contributed by atoms with van der Waals surface area (Å²) >= 11 is 0. The van der Waals surface area contributed by atoms with Crippen molar-refractivity contribution in [3.63, 3.8) is 0 Å². The van der Waals surface area contributed by atoms with Gasteiger partial charge in [-0.3, -0.25) is 0 Å². The fraction of sp³-hybridized carbons (Fsp3) is 0.364. The summed E-state index contributed by atoms with van der Waals surface area (Å²) in [5.41, 5.74) is 3.21. The molecule has 27 heavy (non-hydrogen) atoms. The zero-order valence-electron chi connectivity index (χ0n) is 16.1. The maximum atomic E-state index is 12.4. The molecule has 5 heteroatoms. The molecular formula is C22H29NO3S. The minimum atomic E-state index is -3.24. The first-order chi connectivity index (χ1) is 12.9. The van der Waals surface area contributed by atoms with Gasteiger partial charge in [-0.1, -0.05) is 49.3 Å². The average molecular weight is 388 g/mol. The summed E-state index contributed by atoms with van der Waals surface area (Å²) in [6, 6.07) is 15.3. The molecule has 2 aromatic rings. The molecule has 0 saturated heterocycles. The van der Waals surface area contributed by atoms with Crippen LogP contribution in [0.3, 0.4) is 0 Å². The Labute approximate surface area is 163 Å². The second-order valence-electron chi connectivity index (χ2n) is 6.85. The minimum absolute atomic E-state index is 0.159. The standard InChI is InChI=1S/C22H29NO3S/c1-23(2)21-13-9-19(10-14-21)7-8-20-11-15-22(16-12-20)27(25,26)18-6-4-3-5-17-24/h7-16,24H,3-6,17-18H2,1-2H3. The monoisotopic (exact) mass is 387 g/mol. The van der Waals surface area contributed by atoms with Gasteiger partial charge < -0.3 is 10.0 Å². The van der Waals surface area contributed by atoms with Crippen LogP contribution in [-0.2, 0) is 9.84 Å². The van der Waals surface area contributed by atoms with Crippen LogP contribution < -0.4 is 4.90 Å². The molecule has 2 rings (SSSR count). The summed E-state index contributed by atoms with van der Waals surface area (Å²) in [6.45, 7) is 0.168. The molecule has 2 aromatic carbocycles. The van der Waals surface area contributed by atoms with Crippen molar-refractivity contribution in [3.8, 4) is 0 Å². The molecule has 0 atom stereocenters. The summed E-state index contributed by atoms with van der Waals surface area (Å²) in [4.78, 5) is 2.43. The first kappa shape index (κ1) is 21.2. The first-order valence-electron chi connectivity index (χ1n) is 9.31. The summed E-state index contributed by atoms with van der Waals surface area (Å²) in [6.07, 6.45) is 7.06. The number of aliphatic hydroxyl groups is 1. The lowest BCUT2D eigenvalue weighted by Crippen LogP contribution is -2.07. The molecule has 1 N–H and O–H groups in total. The smallest absolute Gasteiger partial charge is 0.178 e. The van der Waals surface area contributed by atoms with Gasteiger partial charge in [-0.05, 0) is 48.2 Å². The first-order valence-corrected chi connectivity index (χ1v) is 11.0. The van der Waals surface area contributed by atoms with Crippen LogP contribution in [0.4, 0.5) is 5.69 Å². The molecular weight excluding hydrogens is 358 g/mol. The SMILES string of the molecule is CN(C)c1ccc(C=Cc2ccc(S(=O)(=O)CCCCCCO)cc2)cc1. The Morgan fingerprint density at radius 1 is 0.815 bits per heavy atom. The molecule has 0 fully saturated rings. The van der Waals surface area contributed by atoms with Gasteiger partial charge in [0.05, 0.1) is 10.6 Å². The van der Waals surface area contributed by atoms with Crippen LogP contribution in [0.25, 0.3) is 12.2 Å². The highest BCUT2D eigenvalue weighted by Gasteiger charge is 2.13. The van der Waals surface area contributed by atoms with E-state index in [-0.39, 0.29) is 12.4 Å². The predicted molar refractivity (Wildman–Crippen MR) is 114 cm³/mol. The molecule has 0 radical (unpaired) electrons. The average Bonchev–Trinajstić information content (AvgIpc) is 2.67. The molecule has 0 aliphatic heterocycles. The summed E-state index contributed by atoms with van der Waals surface area (Å²) in [7, 11) is 0.783. The molecule has 146 valence electrons. The maximum Gasteiger partial charge on any atom is 0.178 e. The van der Waals surface area contributed by atoms with E-state index in [1.165, 1.54) is 0 Å². The van der Waals surface area contributed by atoms with Gasteiger partial charge in [0.1, 0.15) is 0 Å². The van der Waals surface area contributed by atoms with E-state index in [1.54, 1.807) is 12.1 Å². The molecule has 0 heterocycles. The number of aliphatic hydroxyl groups excluding tert-OH is 1. The van der Waals surface area contributed by atoms with Gasteiger partial charge in [-0.25, -0.2) is 8.42 Å². The number of nitrogens with zero attached hydrogens (tertiary/aromatic N) is 1. The van der Waals surface area contributed by atoms with E-state index in [0.717, 1.165) is 36.1 Å². The summed E-state index contributed by atoms with van der Waals surface area (Å²) < 4.78 is 24.7. The number of anilines is 1. The number of hydrogen-bond acceptors (Lipinski definition) is 4. The third-order valence-electron chi connectivity index (χ3n) is 4.44. The Kier molecular flexibility index (Phi) is 8.07. The minimum Gasteiger partial charge on any atom is -0.396 e. The predicted octanol–water partition coefficient (Wildman–Crippen LogP) is 4.25. The van der Waals surface area contributed by atoms with Crippen LogP contribution in [0.1, 0.15) is 36.8 Å². The second-order valence-corrected chi connectivity index (χ2v) is 8.95. The second kappa shape index (κ2) is 10.3. The largest absolute Gasteiger partial charge is 0.396 e. The van der Waals surface area contributed by atoms with Crippen molar-refractivity contribution in [1.29, 1.82) is 0 Å². The summed E-state index contributed by atoms with van der Waals surface area (Å²) in [5.74, 6) is 0.159. The van der Waals surface area contributed by atoms with Crippen molar-refractivity contribution < 1.29 is 13.5 Å². The normalized spacial score (nSPS) is 11.8. The number of unbranched alkanes of at least 4 members (excludes halogenated alkanes) is 3. The van der Waals surface area contributed by atoms with E-state index >= 15 is 0 Å². The molecule has 0 saturated carbocycles. The lowest BCUT2D eigenvalue weighted by atomic mass is 10.1. The zero-order valence-corrected chi connectivity index (χ0v) is 17.0. The van der Waals surface area contributed by atoms with E-state index in [9.17, 15) is 8.42 Å². The van der Waals surface area contributed by atoms with Crippen molar-refractivity contribution in [2.45, 2.75) is 30.6 Å². The van der Waals surface area contributed by atoms with E-state index in [2.05, 4.69) is 29.2 Å². The van der Waals surface area contributed by atoms with Crippen LogP contribution in [0.5, 0.6) is 0 Å². The van der Waals surface area contributed by atoms with Crippen molar-refractivity contribution >= 4 is 27.7 Å². The van der Waals surface area contributed by atoms with Gasteiger partial charge in [0.25, 0.3) is 0 Å². The quantitative estimate of drug-likeness (QED) is 0.489. The zero-order chi connectivity index (χ0) is 19.7. The number of benzene rings is 2. The lowest BCUT2D eigenvalue weighted by molar-refractivity contribution is 0.283. The highest BCUT2D eigenvalue weighted by atomic mass is 32.2. The van der Waals surface area contributed by atoms with E-state index in [0.29, 0.717) is 11.3 Å². The fourth-order valence-corrected chi connectivity index (χ4v) is 4.11. The van der Waals surface area contributed by atoms with Gasteiger partial charge in [-0.15, -0.1) is 0 Å². The summed E-state index contributed by atoms with van der Waals surface area (Å²) in [5, 5.41) is 8.75. The van der Waals surface area contributed by atoms with Gasteiger partial charge in [-0.2, -0.15) is 0 Å². The lowest BCUT2D eigenvalue weighted by Gasteiger charge is -2.11. The molecule has 0 bridgehead atoms. The van der Waals surface area contributed by atoms with Crippen LogP contribution in [0.2, 0.25) is 0 Å².